The summed E-state index contributed by atoms with van der Waals surface area (Å²) in [5.41, 5.74) is 3.59. The second-order valence-electron chi connectivity index (χ2n) is 5.44. The van der Waals surface area contributed by atoms with Gasteiger partial charge >= 0.3 is 0 Å². The van der Waals surface area contributed by atoms with Crippen LogP contribution in [0.25, 0.3) is 0 Å². The van der Waals surface area contributed by atoms with Gasteiger partial charge in [0.25, 0.3) is 0 Å². The Morgan fingerprint density at radius 1 is 1.20 bits per heavy atom. The maximum atomic E-state index is 11.7. The van der Waals surface area contributed by atoms with Crippen molar-refractivity contribution in [2.24, 2.45) is 5.92 Å². The number of piperidine rings is 1. The fourth-order valence-electron chi connectivity index (χ4n) is 3.37. The van der Waals surface area contributed by atoms with Crippen molar-refractivity contribution in [3.05, 3.63) is 34.9 Å². The number of benzene rings is 1. The molecule has 2 aliphatic rings. The van der Waals surface area contributed by atoms with Crippen LogP contribution in [0, 0.1) is 5.92 Å². The number of halogens is 1. The molecule has 5 heteroatoms. The van der Waals surface area contributed by atoms with E-state index < -0.39 is 10.3 Å². The first-order valence-corrected chi connectivity index (χ1v) is 8.13. The second kappa shape index (κ2) is 6.74. The average Bonchev–Trinajstić information content (AvgIpc) is 2.89. The van der Waals surface area contributed by atoms with Crippen LogP contribution in [-0.2, 0) is 23.1 Å². The summed E-state index contributed by atoms with van der Waals surface area (Å²) in [6, 6.07) is 6.13. The molecule has 0 bridgehead atoms. The molecule has 1 atom stereocenters. The average molecular weight is 314 g/mol. The summed E-state index contributed by atoms with van der Waals surface area (Å²) in [6.45, 7) is 1.79. The smallest absolute Gasteiger partial charge is 0.218 e. The first-order chi connectivity index (χ1) is 9.27. The van der Waals surface area contributed by atoms with Gasteiger partial charge < -0.3 is 5.32 Å². The van der Waals surface area contributed by atoms with E-state index in [-0.39, 0.29) is 18.3 Å². The second-order valence-corrected chi connectivity index (χ2v) is 6.35. The summed E-state index contributed by atoms with van der Waals surface area (Å²) in [6.07, 6.45) is 5.28. The van der Waals surface area contributed by atoms with E-state index in [4.69, 9.17) is 0 Å². The molecule has 3 rings (SSSR count). The Hall–Kier alpha value is -0.840. The highest BCUT2D eigenvalue weighted by atomic mass is 35.5. The van der Waals surface area contributed by atoms with E-state index in [1.165, 1.54) is 11.1 Å². The lowest BCUT2D eigenvalue weighted by Crippen LogP contribution is -2.35. The molecule has 1 N–H and O–H groups in total. The lowest BCUT2D eigenvalue weighted by molar-refractivity contribution is 0.460. The maximum absolute atomic E-state index is 11.7. The summed E-state index contributed by atoms with van der Waals surface area (Å²) >= 11 is 0. The van der Waals surface area contributed by atoms with Crippen LogP contribution in [0.5, 0.6) is 0 Å². The highest BCUT2D eigenvalue weighted by Crippen LogP contribution is 2.28. The van der Waals surface area contributed by atoms with E-state index in [2.05, 4.69) is 11.4 Å². The molecule has 0 radical (unpaired) electrons. The van der Waals surface area contributed by atoms with Crippen molar-refractivity contribution in [2.75, 3.05) is 13.1 Å². The van der Waals surface area contributed by atoms with Gasteiger partial charge in [-0.05, 0) is 55.3 Å². The minimum atomic E-state index is -2.12. The third-order valence-electron chi connectivity index (χ3n) is 4.26. The number of fused-ring (bicyclic) bond motifs is 1. The van der Waals surface area contributed by atoms with Gasteiger partial charge in [0.15, 0.2) is 0 Å². The van der Waals surface area contributed by atoms with Crippen molar-refractivity contribution in [3.63, 3.8) is 0 Å². The van der Waals surface area contributed by atoms with Crippen LogP contribution in [0.2, 0.25) is 0 Å². The Labute approximate surface area is 127 Å². The zero-order valence-corrected chi connectivity index (χ0v) is 13.0. The van der Waals surface area contributed by atoms with Gasteiger partial charge in [-0.15, -0.1) is 12.4 Å². The van der Waals surface area contributed by atoms with Crippen LogP contribution >= 0.6 is 12.4 Å². The molecular formula is C15H20ClNO2S. The molecule has 0 amide bonds. The first-order valence-electron chi connectivity index (χ1n) is 7.05. The molecule has 3 nitrogen and oxygen atoms in total. The normalized spacial score (nSPS) is 20.9. The fraction of sp³-hybridized carbons (Fsp3) is 0.533. The Balaban J connectivity index is 0.00000147. The number of aryl methyl sites for hydroxylation is 1. The van der Waals surface area contributed by atoms with E-state index in [0.29, 0.717) is 4.86 Å². The van der Waals surface area contributed by atoms with Crippen LogP contribution in [-0.4, -0.2) is 26.4 Å². The van der Waals surface area contributed by atoms with Crippen molar-refractivity contribution >= 4 is 27.6 Å². The fourth-order valence-corrected chi connectivity index (χ4v) is 4.22. The van der Waals surface area contributed by atoms with Crippen LogP contribution in [0.15, 0.2) is 18.2 Å². The van der Waals surface area contributed by atoms with E-state index in [0.717, 1.165) is 50.8 Å². The predicted molar refractivity (Wildman–Crippen MR) is 84.3 cm³/mol. The molecule has 0 spiro atoms. The monoisotopic (exact) mass is 313 g/mol. The molecule has 1 aromatic carbocycles. The number of hydrogen-bond donors (Lipinski definition) is 1. The topological polar surface area (TPSA) is 46.2 Å². The molecule has 1 aliphatic carbocycles. The van der Waals surface area contributed by atoms with Crippen molar-refractivity contribution in [1.29, 1.82) is 0 Å². The van der Waals surface area contributed by atoms with Crippen molar-refractivity contribution in [3.8, 4) is 0 Å². The molecule has 1 heterocycles. The molecule has 1 fully saturated rings. The molecule has 1 aromatic rings. The summed E-state index contributed by atoms with van der Waals surface area (Å²) < 4.78 is 23.5. The number of rotatable bonds is 2. The zero-order chi connectivity index (χ0) is 13.2. The summed E-state index contributed by atoms with van der Waals surface area (Å²) in [5, 5.41) is 3.31. The molecule has 0 aromatic heterocycles. The third-order valence-corrected chi connectivity index (χ3v) is 5.17. The summed E-state index contributed by atoms with van der Waals surface area (Å²) in [5.74, 6) is 0.138. The lowest BCUT2D eigenvalue weighted by atomic mass is 9.89. The summed E-state index contributed by atoms with van der Waals surface area (Å²) in [7, 11) is -2.12. The standard InChI is InChI=1S/C15H19NO2S.ClH/c17-19(18)15(12-6-3-9-16-10-12)14-8-2-5-11-4-1-7-13(11)14;/h2,5,8,12,16H,1,3-4,6-7,9-10H2;1H. The molecule has 1 unspecified atom stereocenters. The SMILES string of the molecule is Cl.O=S(=O)=C(c1cccc2c1CCC2)C1CCCNC1. The van der Waals surface area contributed by atoms with Gasteiger partial charge in [0, 0.05) is 12.5 Å². The van der Waals surface area contributed by atoms with Crippen LogP contribution < -0.4 is 5.32 Å². The van der Waals surface area contributed by atoms with Gasteiger partial charge in [-0.25, -0.2) is 0 Å². The van der Waals surface area contributed by atoms with Gasteiger partial charge in [0.05, 0.1) is 4.86 Å². The molecule has 20 heavy (non-hydrogen) atoms. The van der Waals surface area contributed by atoms with E-state index in [9.17, 15) is 8.42 Å². The predicted octanol–water partition coefficient (Wildman–Crippen LogP) is 2.00. The highest BCUT2D eigenvalue weighted by Gasteiger charge is 2.25. The van der Waals surface area contributed by atoms with Crippen LogP contribution in [0.1, 0.15) is 36.0 Å². The Kier molecular flexibility index (Phi) is 5.24. The number of hydrogen-bond acceptors (Lipinski definition) is 3. The molecule has 110 valence electrons. The molecular weight excluding hydrogens is 294 g/mol. The molecule has 0 saturated carbocycles. The quantitative estimate of drug-likeness (QED) is 0.671. The zero-order valence-electron chi connectivity index (χ0n) is 11.4. The van der Waals surface area contributed by atoms with Gasteiger partial charge in [0.2, 0.25) is 10.3 Å². The van der Waals surface area contributed by atoms with Gasteiger partial charge in [-0.2, -0.15) is 8.42 Å². The summed E-state index contributed by atoms with van der Waals surface area (Å²) in [4.78, 5) is 0.631. The van der Waals surface area contributed by atoms with Crippen molar-refractivity contribution < 1.29 is 8.42 Å². The van der Waals surface area contributed by atoms with E-state index in [1.54, 1.807) is 0 Å². The van der Waals surface area contributed by atoms with E-state index >= 15 is 0 Å². The maximum Gasteiger partial charge on any atom is 0.218 e. The minimum Gasteiger partial charge on any atom is -0.316 e. The van der Waals surface area contributed by atoms with Crippen LogP contribution in [0.4, 0.5) is 0 Å². The third kappa shape index (κ3) is 2.92. The highest BCUT2D eigenvalue weighted by molar-refractivity contribution is 7.73. The lowest BCUT2D eigenvalue weighted by Gasteiger charge is -2.24. The van der Waals surface area contributed by atoms with Crippen molar-refractivity contribution in [1.82, 2.24) is 5.32 Å². The van der Waals surface area contributed by atoms with Crippen molar-refractivity contribution in [2.45, 2.75) is 32.1 Å². The molecule has 1 aliphatic heterocycles. The Morgan fingerprint density at radius 2 is 2.05 bits per heavy atom. The molecule has 1 saturated heterocycles. The van der Waals surface area contributed by atoms with Gasteiger partial charge in [-0.1, -0.05) is 18.2 Å². The Morgan fingerprint density at radius 3 is 2.75 bits per heavy atom. The van der Waals surface area contributed by atoms with Crippen LogP contribution in [0.3, 0.4) is 0 Å². The van der Waals surface area contributed by atoms with Gasteiger partial charge in [0.1, 0.15) is 0 Å². The van der Waals surface area contributed by atoms with Gasteiger partial charge in [-0.3, -0.25) is 0 Å². The van der Waals surface area contributed by atoms with E-state index in [1.807, 2.05) is 12.1 Å². The minimum absolute atomic E-state index is 0. The Bertz CT molecular complexity index is 611. The first kappa shape index (κ1) is 15.5. The largest absolute Gasteiger partial charge is 0.316 e. The number of nitrogens with one attached hydrogen (secondary N) is 1.